The second kappa shape index (κ2) is 8.54. The van der Waals surface area contributed by atoms with E-state index >= 15 is 0 Å². The van der Waals surface area contributed by atoms with Gasteiger partial charge < -0.3 is 4.74 Å². The summed E-state index contributed by atoms with van der Waals surface area (Å²) >= 11 is 7.01. The Labute approximate surface area is 160 Å². The molecule has 1 nitrogen and oxygen atoms in total. The Morgan fingerprint density at radius 3 is 2.24 bits per heavy atom. The molecule has 0 aliphatic rings. The highest BCUT2D eigenvalue weighted by molar-refractivity contribution is 9.11. The summed E-state index contributed by atoms with van der Waals surface area (Å²) in [5, 5.41) is 0. The summed E-state index contributed by atoms with van der Waals surface area (Å²) in [5.74, 6) is -0.223. The summed E-state index contributed by atoms with van der Waals surface area (Å²) in [6.45, 7) is 1.95. The zero-order valence-electron chi connectivity index (χ0n) is 13.3. The number of ether oxygens (including phenoxy) is 1. The lowest BCUT2D eigenvalue weighted by Gasteiger charge is -2.19. The van der Waals surface area contributed by atoms with Gasteiger partial charge in [-0.15, -0.1) is 0 Å². The van der Waals surface area contributed by atoms with Crippen molar-refractivity contribution in [1.29, 1.82) is 0 Å². The van der Waals surface area contributed by atoms with Crippen molar-refractivity contribution >= 4 is 31.9 Å². The molecule has 2 rings (SSSR count). The van der Waals surface area contributed by atoms with Crippen LogP contribution in [0.2, 0.25) is 0 Å². The SMILES string of the molecule is C[C@H](CCc1c(Br)cccc1Br)c1cccc(OC(F)(F)C(F)F)c1. The molecular formula is C18H16Br2F4O. The number of hydrogen-bond acceptors (Lipinski definition) is 1. The minimum absolute atomic E-state index is 0.0442. The summed E-state index contributed by atoms with van der Waals surface area (Å²) in [6.07, 6.45) is -6.85. The third kappa shape index (κ3) is 5.45. The van der Waals surface area contributed by atoms with Gasteiger partial charge in [0.15, 0.2) is 0 Å². The van der Waals surface area contributed by atoms with Crippen LogP contribution in [0.4, 0.5) is 17.6 Å². The maximum atomic E-state index is 13.0. The van der Waals surface area contributed by atoms with Gasteiger partial charge in [-0.25, -0.2) is 0 Å². The third-order valence-electron chi connectivity index (χ3n) is 3.82. The number of rotatable bonds is 7. The first-order valence-corrected chi connectivity index (χ1v) is 9.17. The highest BCUT2D eigenvalue weighted by atomic mass is 79.9. The fourth-order valence-electron chi connectivity index (χ4n) is 2.38. The van der Waals surface area contributed by atoms with Crippen molar-refractivity contribution in [3.8, 4) is 5.75 Å². The van der Waals surface area contributed by atoms with Crippen LogP contribution in [0.15, 0.2) is 51.4 Å². The fraction of sp³-hybridized carbons (Fsp3) is 0.333. The Morgan fingerprint density at radius 2 is 1.64 bits per heavy atom. The lowest BCUT2D eigenvalue weighted by atomic mass is 9.94. The zero-order chi connectivity index (χ0) is 18.6. The van der Waals surface area contributed by atoms with Crippen LogP contribution in [0.5, 0.6) is 5.75 Å². The van der Waals surface area contributed by atoms with Crippen molar-refractivity contribution < 1.29 is 22.3 Å². The molecule has 0 aromatic heterocycles. The first kappa shape index (κ1) is 20.2. The molecule has 25 heavy (non-hydrogen) atoms. The molecule has 7 heteroatoms. The lowest BCUT2D eigenvalue weighted by Crippen LogP contribution is -2.33. The summed E-state index contributed by atoms with van der Waals surface area (Å²) in [7, 11) is 0. The summed E-state index contributed by atoms with van der Waals surface area (Å²) in [5.41, 5.74) is 1.87. The van der Waals surface area contributed by atoms with Crippen LogP contribution in [0.1, 0.15) is 30.4 Å². The van der Waals surface area contributed by atoms with Gasteiger partial charge in [-0.2, -0.15) is 17.6 Å². The second-order valence-corrected chi connectivity index (χ2v) is 7.39. The molecule has 0 unspecified atom stereocenters. The van der Waals surface area contributed by atoms with Gasteiger partial charge in [-0.3, -0.25) is 0 Å². The van der Waals surface area contributed by atoms with Crippen molar-refractivity contribution in [3.05, 3.63) is 62.5 Å². The molecule has 1 atom stereocenters. The third-order valence-corrected chi connectivity index (χ3v) is 5.31. The van der Waals surface area contributed by atoms with E-state index in [1.807, 2.05) is 25.1 Å². The summed E-state index contributed by atoms with van der Waals surface area (Å²) in [4.78, 5) is 0. The van der Waals surface area contributed by atoms with Gasteiger partial charge in [0, 0.05) is 8.95 Å². The van der Waals surface area contributed by atoms with Gasteiger partial charge in [-0.1, -0.05) is 57.0 Å². The zero-order valence-corrected chi connectivity index (χ0v) is 16.5. The minimum atomic E-state index is -4.50. The summed E-state index contributed by atoms with van der Waals surface area (Å²) in [6, 6.07) is 11.7. The van der Waals surface area contributed by atoms with E-state index < -0.39 is 12.5 Å². The molecule has 2 aromatic rings. The van der Waals surface area contributed by atoms with E-state index in [-0.39, 0.29) is 11.7 Å². The monoisotopic (exact) mass is 482 g/mol. The quantitative estimate of drug-likeness (QED) is 0.379. The Balaban J connectivity index is 2.07. The first-order chi connectivity index (χ1) is 11.7. The van der Waals surface area contributed by atoms with Crippen molar-refractivity contribution in [2.45, 2.75) is 38.2 Å². The molecule has 0 aliphatic heterocycles. The molecule has 0 amide bonds. The highest BCUT2D eigenvalue weighted by Crippen LogP contribution is 2.32. The van der Waals surface area contributed by atoms with Crippen LogP contribution in [0, 0.1) is 0 Å². The van der Waals surface area contributed by atoms with E-state index in [2.05, 4.69) is 36.6 Å². The molecule has 0 fully saturated rings. The maximum absolute atomic E-state index is 13.0. The van der Waals surface area contributed by atoms with E-state index in [4.69, 9.17) is 0 Å². The average Bonchev–Trinajstić information content (AvgIpc) is 2.54. The number of alkyl halides is 4. The normalized spacial score (nSPS) is 13.1. The molecule has 0 saturated carbocycles. The van der Waals surface area contributed by atoms with Crippen LogP contribution in [0.25, 0.3) is 0 Å². The fourth-order valence-corrected chi connectivity index (χ4v) is 3.78. The van der Waals surface area contributed by atoms with Gasteiger partial charge in [0.25, 0.3) is 0 Å². The lowest BCUT2D eigenvalue weighted by molar-refractivity contribution is -0.253. The van der Waals surface area contributed by atoms with Crippen LogP contribution < -0.4 is 4.74 Å². The number of hydrogen-bond donors (Lipinski definition) is 0. The molecule has 0 radical (unpaired) electrons. The summed E-state index contributed by atoms with van der Waals surface area (Å²) < 4.78 is 56.7. The molecule has 0 spiro atoms. The average molecular weight is 484 g/mol. The predicted molar refractivity (Wildman–Crippen MR) is 96.6 cm³/mol. The smallest absolute Gasteiger partial charge is 0.428 e. The van der Waals surface area contributed by atoms with E-state index in [9.17, 15) is 17.6 Å². The van der Waals surface area contributed by atoms with Crippen LogP contribution in [-0.4, -0.2) is 12.5 Å². The Morgan fingerprint density at radius 1 is 1.04 bits per heavy atom. The molecule has 0 saturated heterocycles. The van der Waals surface area contributed by atoms with Crippen molar-refractivity contribution in [3.63, 3.8) is 0 Å². The van der Waals surface area contributed by atoms with Crippen molar-refractivity contribution in [2.24, 2.45) is 0 Å². The molecule has 0 heterocycles. The van der Waals surface area contributed by atoms with Gasteiger partial charge >= 0.3 is 12.5 Å². The standard InChI is InChI=1S/C18H16Br2F4O/c1-11(8-9-14-15(19)6-3-7-16(14)20)12-4-2-5-13(10-12)25-18(23,24)17(21)22/h2-7,10-11,17H,8-9H2,1H3/t11-/m1/s1. The molecule has 0 aliphatic carbocycles. The van der Waals surface area contributed by atoms with Gasteiger partial charge in [-0.05, 0) is 54.2 Å². The van der Waals surface area contributed by atoms with E-state index in [0.29, 0.717) is 0 Å². The Bertz CT molecular complexity index is 702. The second-order valence-electron chi connectivity index (χ2n) is 5.68. The Hall–Kier alpha value is -1.08. The van der Waals surface area contributed by atoms with Crippen molar-refractivity contribution in [1.82, 2.24) is 0 Å². The van der Waals surface area contributed by atoms with Gasteiger partial charge in [0.05, 0.1) is 0 Å². The van der Waals surface area contributed by atoms with Crippen LogP contribution >= 0.6 is 31.9 Å². The van der Waals surface area contributed by atoms with Crippen molar-refractivity contribution in [2.75, 3.05) is 0 Å². The molecular weight excluding hydrogens is 468 g/mol. The topological polar surface area (TPSA) is 9.23 Å². The van der Waals surface area contributed by atoms with Crippen LogP contribution in [-0.2, 0) is 6.42 Å². The maximum Gasteiger partial charge on any atom is 0.461 e. The highest BCUT2D eigenvalue weighted by Gasteiger charge is 2.44. The first-order valence-electron chi connectivity index (χ1n) is 7.58. The van der Waals surface area contributed by atoms with Gasteiger partial charge in [0.1, 0.15) is 5.75 Å². The molecule has 2 aromatic carbocycles. The molecule has 0 N–H and O–H groups in total. The van der Waals surface area contributed by atoms with Crippen LogP contribution in [0.3, 0.4) is 0 Å². The number of halogens is 6. The van der Waals surface area contributed by atoms with E-state index in [0.717, 1.165) is 32.9 Å². The largest absolute Gasteiger partial charge is 0.461 e. The van der Waals surface area contributed by atoms with E-state index in [1.54, 1.807) is 6.07 Å². The molecule has 136 valence electrons. The van der Waals surface area contributed by atoms with Gasteiger partial charge in [0.2, 0.25) is 0 Å². The van der Waals surface area contributed by atoms with E-state index in [1.165, 1.54) is 18.2 Å². The molecule has 0 bridgehead atoms. The minimum Gasteiger partial charge on any atom is -0.428 e. The Kier molecular flexibility index (Phi) is 6.91. The number of benzene rings is 2. The predicted octanol–water partition coefficient (Wildman–Crippen LogP) is 7.18.